The lowest BCUT2D eigenvalue weighted by molar-refractivity contribution is -0.138. The van der Waals surface area contributed by atoms with Crippen molar-refractivity contribution in [3.63, 3.8) is 0 Å². The summed E-state index contributed by atoms with van der Waals surface area (Å²) in [5.74, 6) is 0.504. The number of halogens is 12. The van der Waals surface area contributed by atoms with Gasteiger partial charge in [-0.15, -0.1) is 0 Å². The monoisotopic (exact) mass is 864 g/mol. The first-order valence-corrected chi connectivity index (χ1v) is 19.9. The van der Waals surface area contributed by atoms with E-state index in [1.165, 1.54) is 0 Å². The predicted octanol–water partition coefficient (Wildman–Crippen LogP) is 10.6. The molecule has 0 bridgehead atoms. The molecule has 0 saturated carbocycles. The molecule has 6 aromatic rings. The van der Waals surface area contributed by atoms with Gasteiger partial charge in [-0.25, -0.2) is 0 Å². The van der Waals surface area contributed by atoms with Crippen LogP contribution in [0.3, 0.4) is 0 Å². The molecule has 314 valence electrons. The molecule has 0 aromatic heterocycles. The average molecular weight is 865 g/mol. The minimum Gasteiger partial charge on any atom is -0.289 e. The van der Waals surface area contributed by atoms with Crippen molar-refractivity contribution in [2.45, 2.75) is 36.5 Å². The van der Waals surface area contributed by atoms with Gasteiger partial charge in [0, 0.05) is 5.56 Å². The maximum Gasteiger partial charge on any atom is 0.416 e. The molecule has 0 saturated heterocycles. The lowest BCUT2D eigenvalue weighted by atomic mass is 9.13. The standard InChI is InChI=1S/C28H16BF12.C16H17O2S/c30-25(31,32)17-1-9-21(10-2-17)29(22-11-3-18(4-12-22)26(33,34)35,23-13-5-19(6-14-23)27(36,37)38)24-15-7-20(8-16-24)28(39,40)41;1-2-19(18,15-11-7-4-8-12-15)13-16(17)14-9-5-3-6-10-14/h1-16H;3-12H,2,13H2,1H3/q-1;+1. The van der Waals surface area contributed by atoms with E-state index in [1.807, 2.05) is 55.5 Å². The summed E-state index contributed by atoms with van der Waals surface area (Å²) in [4.78, 5) is 13.0. The van der Waals surface area contributed by atoms with Crippen LogP contribution in [0.2, 0.25) is 0 Å². The molecule has 0 aliphatic heterocycles. The summed E-state index contributed by atoms with van der Waals surface area (Å²) >= 11 is 0. The van der Waals surface area contributed by atoms with Gasteiger partial charge in [0.15, 0.2) is 10.6 Å². The Morgan fingerprint density at radius 3 is 0.950 bits per heavy atom. The summed E-state index contributed by atoms with van der Waals surface area (Å²) in [5.41, 5.74) is -3.67. The van der Waals surface area contributed by atoms with Gasteiger partial charge in [0.1, 0.15) is 21.8 Å². The van der Waals surface area contributed by atoms with Crippen molar-refractivity contribution in [2.75, 3.05) is 11.5 Å². The van der Waals surface area contributed by atoms with E-state index in [1.54, 1.807) is 12.1 Å². The first kappa shape index (κ1) is 45.4. The first-order chi connectivity index (χ1) is 28.0. The number of alkyl halides is 12. The fourth-order valence-electron chi connectivity index (χ4n) is 6.94. The molecule has 60 heavy (non-hydrogen) atoms. The van der Waals surface area contributed by atoms with Crippen LogP contribution in [0.4, 0.5) is 52.7 Å². The number of rotatable bonds is 9. The second kappa shape index (κ2) is 17.5. The summed E-state index contributed by atoms with van der Waals surface area (Å²) in [7, 11) is -2.30. The minimum atomic E-state index is -4.77. The highest BCUT2D eigenvalue weighted by atomic mass is 32.2. The van der Waals surface area contributed by atoms with Crippen LogP contribution in [0, 0.1) is 0 Å². The Morgan fingerprint density at radius 1 is 0.433 bits per heavy atom. The lowest BCUT2D eigenvalue weighted by Crippen LogP contribution is -2.74. The molecule has 0 N–H and O–H groups in total. The molecule has 6 aromatic carbocycles. The molecule has 0 heterocycles. The number of carbonyl (C=O) groups excluding carboxylic acids is 1. The van der Waals surface area contributed by atoms with Gasteiger partial charge in [-0.2, -0.15) is 74.5 Å². The molecule has 1 atom stereocenters. The molecule has 0 spiro atoms. The van der Waals surface area contributed by atoms with Crippen molar-refractivity contribution in [1.82, 2.24) is 0 Å². The molecular weight excluding hydrogens is 831 g/mol. The zero-order chi connectivity index (χ0) is 44.1. The van der Waals surface area contributed by atoms with Gasteiger partial charge in [-0.3, -0.25) is 4.79 Å². The molecule has 1 unspecified atom stereocenters. The van der Waals surface area contributed by atoms with E-state index >= 15 is 0 Å². The van der Waals surface area contributed by atoms with Crippen LogP contribution in [0.25, 0.3) is 0 Å². The Kier molecular flexibility index (Phi) is 13.3. The van der Waals surface area contributed by atoms with Crippen LogP contribution < -0.4 is 21.9 Å². The SMILES string of the molecule is CC[S+](=O)(CC(=O)c1ccccc1)c1ccccc1.FC(F)(F)c1ccc([B-](c2ccc(C(F)(F)F)cc2)(c2ccc(C(F)(F)F)cc2)c2ccc(C(F)(F)F)cc2)cc1. The van der Waals surface area contributed by atoms with Crippen molar-refractivity contribution in [3.05, 3.63) is 186 Å². The number of hydrogen-bond donors (Lipinski definition) is 0. The van der Waals surface area contributed by atoms with Gasteiger partial charge in [0.05, 0.1) is 22.3 Å². The topological polar surface area (TPSA) is 34.1 Å². The average Bonchev–Trinajstić information content (AvgIpc) is 3.21. The predicted molar refractivity (Wildman–Crippen MR) is 209 cm³/mol. The van der Waals surface area contributed by atoms with Gasteiger partial charge in [0.2, 0.25) is 5.78 Å². The Balaban J connectivity index is 0.000000299. The van der Waals surface area contributed by atoms with Gasteiger partial charge in [-0.1, -0.05) is 150 Å². The van der Waals surface area contributed by atoms with Gasteiger partial charge < -0.3 is 0 Å². The van der Waals surface area contributed by atoms with Crippen molar-refractivity contribution >= 4 is 43.7 Å². The third-order valence-corrected chi connectivity index (χ3v) is 12.8. The maximum atomic E-state index is 13.3. The summed E-state index contributed by atoms with van der Waals surface area (Å²) < 4.78 is 173. The summed E-state index contributed by atoms with van der Waals surface area (Å²) in [5, 5.41) is 0. The second-order valence-electron chi connectivity index (χ2n) is 13.7. The molecule has 0 fully saturated rings. The van der Waals surface area contributed by atoms with E-state index < -0.39 is 63.0 Å². The zero-order valence-corrected chi connectivity index (χ0v) is 32.1. The first-order valence-electron chi connectivity index (χ1n) is 18.0. The largest absolute Gasteiger partial charge is 0.416 e. The van der Waals surface area contributed by atoms with Crippen molar-refractivity contribution in [3.8, 4) is 0 Å². The molecule has 6 rings (SSSR count). The Morgan fingerprint density at radius 2 is 0.700 bits per heavy atom. The Hall–Kier alpha value is -5.64. The zero-order valence-electron chi connectivity index (χ0n) is 31.3. The van der Waals surface area contributed by atoms with Gasteiger partial charge in [0.25, 0.3) is 0 Å². The van der Waals surface area contributed by atoms with Crippen LogP contribution in [-0.2, 0) is 38.8 Å². The van der Waals surface area contributed by atoms with Crippen LogP contribution >= 0.6 is 0 Å². The number of benzene rings is 6. The molecule has 0 radical (unpaired) electrons. The van der Waals surface area contributed by atoms with E-state index in [-0.39, 0.29) is 33.4 Å². The van der Waals surface area contributed by atoms with Crippen molar-refractivity contribution < 1.29 is 61.7 Å². The number of Topliss-reactive ketones (excluding diaryl/α,β-unsaturated/α-hetero) is 1. The van der Waals surface area contributed by atoms with E-state index in [0.717, 1.165) is 53.4 Å². The maximum absolute atomic E-state index is 13.3. The van der Waals surface area contributed by atoms with Crippen molar-refractivity contribution in [2.24, 2.45) is 0 Å². The quantitative estimate of drug-likeness (QED) is 0.0628. The van der Waals surface area contributed by atoms with Crippen LogP contribution in [-0.4, -0.2) is 23.4 Å². The summed E-state index contributed by atoms with van der Waals surface area (Å²) in [6.07, 6.45) is -22.0. The summed E-state index contributed by atoms with van der Waals surface area (Å²) in [6.45, 7) is 1.87. The Labute approximate surface area is 338 Å². The Bertz CT molecular complexity index is 2160. The third-order valence-electron chi connectivity index (χ3n) is 10.1. The molecule has 0 aliphatic rings. The highest BCUT2D eigenvalue weighted by Crippen LogP contribution is 2.32. The van der Waals surface area contributed by atoms with Crippen LogP contribution in [0.5, 0.6) is 0 Å². The fraction of sp³-hybridized carbons (Fsp3) is 0.159. The smallest absolute Gasteiger partial charge is 0.289 e. The highest BCUT2D eigenvalue weighted by molar-refractivity contribution is 8.03. The van der Waals surface area contributed by atoms with Gasteiger partial charge in [-0.05, 0) is 19.1 Å². The minimum absolute atomic E-state index is 0.0114. The van der Waals surface area contributed by atoms with E-state index in [4.69, 9.17) is 0 Å². The highest BCUT2D eigenvalue weighted by Gasteiger charge is 2.38. The van der Waals surface area contributed by atoms with Gasteiger partial charge >= 0.3 is 24.7 Å². The van der Waals surface area contributed by atoms with E-state index in [0.29, 0.717) is 59.8 Å². The van der Waals surface area contributed by atoms with E-state index in [9.17, 15) is 61.7 Å². The molecule has 16 heteroatoms. The third kappa shape index (κ3) is 10.2. The summed E-state index contributed by atoms with van der Waals surface area (Å²) in [6, 6.07) is 31.9. The second-order valence-corrected chi connectivity index (χ2v) is 16.7. The number of carbonyl (C=O) groups is 1. The van der Waals surface area contributed by atoms with Crippen LogP contribution in [0.1, 0.15) is 39.5 Å². The normalized spacial score (nSPS) is 13.5. The number of hydrogen-bond acceptors (Lipinski definition) is 2. The fourth-order valence-corrected chi connectivity index (χ4v) is 8.88. The molecule has 0 amide bonds. The molecule has 2 nitrogen and oxygen atoms in total. The van der Waals surface area contributed by atoms with Crippen LogP contribution in [0.15, 0.2) is 163 Å². The lowest BCUT2D eigenvalue weighted by Gasteiger charge is -2.44. The van der Waals surface area contributed by atoms with E-state index in [2.05, 4.69) is 0 Å². The number of ketones is 1. The molecule has 0 aliphatic carbocycles. The van der Waals surface area contributed by atoms with Crippen molar-refractivity contribution in [1.29, 1.82) is 0 Å². The molecular formula is C44H33BF12O2S.